The molecule has 80 valence electrons. The van der Waals surface area contributed by atoms with E-state index in [2.05, 4.69) is 15.1 Å². The molecule has 0 aliphatic carbocycles. The Morgan fingerprint density at radius 2 is 2.07 bits per heavy atom. The maximum Gasteiger partial charge on any atom is 0.293 e. The fourth-order valence-corrected chi connectivity index (χ4v) is 1.40. The van der Waals surface area contributed by atoms with Gasteiger partial charge in [-0.15, -0.1) is 0 Å². The monoisotopic (exact) mass is 226 g/mol. The molecule has 0 unspecified atom stereocenters. The smallest absolute Gasteiger partial charge is 0.275 e. The summed E-state index contributed by atoms with van der Waals surface area (Å²) in [6, 6.07) is 0. The lowest BCUT2D eigenvalue weighted by Crippen LogP contribution is -2.17. The quantitative estimate of drug-likeness (QED) is 0.802. The molecule has 0 saturated carbocycles. The van der Waals surface area contributed by atoms with Crippen LogP contribution in [0.25, 0.3) is 5.78 Å². The van der Waals surface area contributed by atoms with Crippen LogP contribution in [0.1, 0.15) is 31.3 Å². The Morgan fingerprint density at radius 1 is 1.40 bits per heavy atom. The molecule has 2 heterocycles. The summed E-state index contributed by atoms with van der Waals surface area (Å²) >= 11 is 5.80. The van der Waals surface area contributed by atoms with E-state index in [1.54, 1.807) is 6.92 Å². The second-order valence-corrected chi connectivity index (χ2v) is 4.09. The van der Waals surface area contributed by atoms with Crippen molar-refractivity contribution < 1.29 is 0 Å². The third-order valence-electron chi connectivity index (χ3n) is 2.17. The highest BCUT2D eigenvalue weighted by molar-refractivity contribution is 6.31. The maximum atomic E-state index is 11.7. The van der Waals surface area contributed by atoms with Gasteiger partial charge < -0.3 is 0 Å². The standard InChI is InChI=1S/C9H11ClN4O/c1-4(2)7-12-9-11-5(3)6(10)8(15)14(9)13-7/h4H,1-3H3,(H,11,12,13). The van der Waals surface area contributed by atoms with Crippen LogP contribution in [0, 0.1) is 6.92 Å². The van der Waals surface area contributed by atoms with E-state index in [4.69, 9.17) is 11.6 Å². The zero-order valence-electron chi connectivity index (χ0n) is 8.71. The van der Waals surface area contributed by atoms with Crippen molar-refractivity contribution in [1.82, 2.24) is 19.6 Å². The predicted octanol–water partition coefficient (Wildman–Crippen LogP) is 1.50. The fourth-order valence-electron chi connectivity index (χ4n) is 1.27. The van der Waals surface area contributed by atoms with Crippen LogP contribution in [-0.2, 0) is 0 Å². The second-order valence-electron chi connectivity index (χ2n) is 3.72. The van der Waals surface area contributed by atoms with Crippen LogP contribution in [0.3, 0.4) is 0 Å². The van der Waals surface area contributed by atoms with Gasteiger partial charge in [-0.1, -0.05) is 25.4 Å². The molecule has 0 atom stereocenters. The summed E-state index contributed by atoms with van der Waals surface area (Å²) in [5, 5.41) is 3.01. The first kappa shape index (κ1) is 10.2. The van der Waals surface area contributed by atoms with Crippen LogP contribution in [-0.4, -0.2) is 19.6 Å². The van der Waals surface area contributed by atoms with E-state index < -0.39 is 0 Å². The van der Waals surface area contributed by atoms with Crippen LogP contribution in [0.4, 0.5) is 0 Å². The molecular weight excluding hydrogens is 216 g/mol. The summed E-state index contributed by atoms with van der Waals surface area (Å²) in [6.07, 6.45) is 0. The topological polar surface area (TPSA) is 63.1 Å². The molecule has 0 saturated heterocycles. The lowest BCUT2D eigenvalue weighted by atomic mass is 10.2. The van der Waals surface area contributed by atoms with Gasteiger partial charge in [0.25, 0.3) is 11.3 Å². The lowest BCUT2D eigenvalue weighted by molar-refractivity contribution is 0.758. The first-order valence-corrected chi connectivity index (χ1v) is 5.03. The van der Waals surface area contributed by atoms with E-state index in [9.17, 15) is 4.79 Å². The van der Waals surface area contributed by atoms with Gasteiger partial charge in [0.15, 0.2) is 0 Å². The van der Waals surface area contributed by atoms with Crippen molar-refractivity contribution in [2.24, 2.45) is 0 Å². The van der Waals surface area contributed by atoms with Crippen molar-refractivity contribution in [3.8, 4) is 0 Å². The number of nitrogens with zero attached hydrogens (tertiary/aromatic N) is 3. The number of hydrogen-bond acceptors (Lipinski definition) is 3. The molecule has 2 aromatic rings. The first-order chi connectivity index (χ1) is 7.00. The molecule has 15 heavy (non-hydrogen) atoms. The highest BCUT2D eigenvalue weighted by Gasteiger charge is 2.12. The van der Waals surface area contributed by atoms with Crippen LogP contribution < -0.4 is 5.56 Å². The molecule has 0 radical (unpaired) electrons. The highest BCUT2D eigenvalue weighted by atomic mass is 35.5. The van der Waals surface area contributed by atoms with Gasteiger partial charge in [-0.2, -0.15) is 9.50 Å². The van der Waals surface area contributed by atoms with Gasteiger partial charge in [0.05, 0.1) is 5.69 Å². The van der Waals surface area contributed by atoms with Crippen molar-refractivity contribution in [1.29, 1.82) is 0 Å². The summed E-state index contributed by atoms with van der Waals surface area (Å²) in [6.45, 7) is 5.65. The third kappa shape index (κ3) is 1.52. The zero-order valence-corrected chi connectivity index (χ0v) is 9.46. The number of halogens is 1. The minimum absolute atomic E-state index is 0.131. The molecule has 2 rings (SSSR count). The van der Waals surface area contributed by atoms with E-state index in [0.29, 0.717) is 11.5 Å². The highest BCUT2D eigenvalue weighted by Crippen LogP contribution is 2.11. The number of aromatic amines is 1. The Kier molecular flexibility index (Phi) is 2.26. The molecule has 0 aliphatic rings. The molecule has 0 bridgehead atoms. The molecule has 5 nitrogen and oxygen atoms in total. The molecule has 0 fully saturated rings. The Bertz CT molecular complexity index is 569. The van der Waals surface area contributed by atoms with E-state index in [-0.39, 0.29) is 16.5 Å². The fraction of sp³-hybridized carbons (Fsp3) is 0.444. The van der Waals surface area contributed by atoms with Gasteiger partial charge >= 0.3 is 0 Å². The molecule has 1 N–H and O–H groups in total. The first-order valence-electron chi connectivity index (χ1n) is 4.65. The molecular formula is C9H11ClN4O. The number of aryl methyl sites for hydroxylation is 1. The number of rotatable bonds is 1. The third-order valence-corrected chi connectivity index (χ3v) is 2.61. The van der Waals surface area contributed by atoms with Gasteiger partial charge in [-0.3, -0.25) is 9.89 Å². The summed E-state index contributed by atoms with van der Waals surface area (Å²) in [4.78, 5) is 20.0. The van der Waals surface area contributed by atoms with Crippen molar-refractivity contribution >= 4 is 17.4 Å². The minimum atomic E-state index is -0.307. The van der Waals surface area contributed by atoms with Crippen LogP contribution in [0.2, 0.25) is 5.02 Å². The van der Waals surface area contributed by atoms with E-state index in [0.717, 1.165) is 5.82 Å². The Balaban J connectivity index is 2.82. The zero-order chi connectivity index (χ0) is 11.2. The van der Waals surface area contributed by atoms with Crippen molar-refractivity contribution in [2.75, 3.05) is 0 Å². The minimum Gasteiger partial charge on any atom is -0.275 e. The van der Waals surface area contributed by atoms with Gasteiger partial charge in [0.2, 0.25) is 0 Å². The second kappa shape index (κ2) is 3.34. The van der Waals surface area contributed by atoms with Gasteiger partial charge in [0.1, 0.15) is 10.8 Å². The van der Waals surface area contributed by atoms with E-state index >= 15 is 0 Å². The maximum absolute atomic E-state index is 11.7. The molecule has 6 heteroatoms. The van der Waals surface area contributed by atoms with Crippen molar-refractivity contribution in [3.63, 3.8) is 0 Å². The van der Waals surface area contributed by atoms with Crippen molar-refractivity contribution in [2.45, 2.75) is 26.7 Å². The van der Waals surface area contributed by atoms with E-state index in [1.165, 1.54) is 4.52 Å². The molecule has 0 spiro atoms. The number of H-pyrrole nitrogens is 1. The Morgan fingerprint density at radius 3 is 2.67 bits per heavy atom. The largest absolute Gasteiger partial charge is 0.293 e. The predicted molar refractivity (Wildman–Crippen MR) is 57.4 cm³/mol. The Hall–Kier alpha value is -1.36. The molecule has 2 aromatic heterocycles. The van der Waals surface area contributed by atoms with Gasteiger partial charge in [-0.05, 0) is 6.92 Å². The van der Waals surface area contributed by atoms with Crippen LogP contribution in [0.5, 0.6) is 0 Å². The Labute approximate surface area is 91.1 Å². The average molecular weight is 227 g/mol. The molecule has 0 aliphatic heterocycles. The number of aromatic nitrogens is 4. The molecule has 0 aromatic carbocycles. The average Bonchev–Trinajstić information content (AvgIpc) is 2.58. The lowest BCUT2D eigenvalue weighted by Gasteiger charge is -1.96. The summed E-state index contributed by atoms with van der Waals surface area (Å²) in [7, 11) is 0. The van der Waals surface area contributed by atoms with E-state index in [1.807, 2.05) is 13.8 Å². The summed E-state index contributed by atoms with van der Waals surface area (Å²) < 4.78 is 1.27. The number of hydrogen-bond donors (Lipinski definition) is 1. The summed E-state index contributed by atoms with van der Waals surface area (Å²) in [5.41, 5.74) is 0.196. The normalized spacial score (nSPS) is 11.5. The number of fused-ring (bicyclic) bond motifs is 1. The van der Waals surface area contributed by atoms with Crippen LogP contribution >= 0.6 is 11.6 Å². The van der Waals surface area contributed by atoms with Crippen LogP contribution in [0.15, 0.2) is 4.79 Å². The van der Waals surface area contributed by atoms with Gasteiger partial charge in [0, 0.05) is 5.92 Å². The van der Waals surface area contributed by atoms with Crippen molar-refractivity contribution in [3.05, 3.63) is 26.9 Å². The molecule has 0 amide bonds. The summed E-state index contributed by atoms with van der Waals surface area (Å²) in [5.74, 6) is 1.30. The van der Waals surface area contributed by atoms with Gasteiger partial charge in [-0.25, -0.2) is 4.98 Å². The SMILES string of the molecule is Cc1nc2nc(C(C)C)[nH]n2c(=O)c1Cl. The number of nitrogens with one attached hydrogen (secondary N) is 1.